The molecule has 0 radical (unpaired) electrons. The number of hydrogen-bond acceptors (Lipinski definition) is 9. The fraction of sp³-hybridized carbons (Fsp3) is 0.600. The van der Waals surface area contributed by atoms with E-state index in [4.69, 9.17) is 4.98 Å². The van der Waals surface area contributed by atoms with Crippen LogP contribution in [0.25, 0.3) is 20.8 Å². The topological polar surface area (TPSA) is 116 Å². The summed E-state index contributed by atoms with van der Waals surface area (Å²) in [4.78, 5) is 18.8. The summed E-state index contributed by atoms with van der Waals surface area (Å²) in [5, 5.41) is 27.8. The molecule has 2 aliphatic carbocycles. The second-order valence-electron chi connectivity index (χ2n) is 10.3. The molecule has 11 heteroatoms. The number of nitrogens with zero attached hydrogens (tertiary/aromatic N) is 4. The van der Waals surface area contributed by atoms with E-state index in [-0.39, 0.29) is 6.42 Å². The van der Waals surface area contributed by atoms with Gasteiger partial charge in [-0.1, -0.05) is 13.8 Å². The van der Waals surface area contributed by atoms with Gasteiger partial charge in [-0.05, 0) is 44.6 Å². The van der Waals surface area contributed by atoms with Gasteiger partial charge in [0.1, 0.15) is 22.4 Å². The molecule has 0 saturated heterocycles. The molecule has 2 aliphatic rings. The van der Waals surface area contributed by atoms with Crippen LogP contribution in [0.1, 0.15) is 56.8 Å². The first-order chi connectivity index (χ1) is 17.2. The summed E-state index contributed by atoms with van der Waals surface area (Å²) in [6, 6.07) is 1.16. The zero-order valence-corrected chi connectivity index (χ0v) is 21.4. The van der Waals surface area contributed by atoms with E-state index in [2.05, 4.69) is 39.4 Å². The van der Waals surface area contributed by atoms with E-state index in [0.29, 0.717) is 46.4 Å². The third-order valence-corrected chi connectivity index (χ3v) is 8.02. The van der Waals surface area contributed by atoms with Gasteiger partial charge in [0.15, 0.2) is 0 Å². The lowest BCUT2D eigenvalue weighted by atomic mass is 10.1. The molecule has 0 aromatic carbocycles. The average Bonchev–Trinajstić information content (AvgIpc) is 3.51. The maximum atomic E-state index is 13.4. The summed E-state index contributed by atoms with van der Waals surface area (Å²) in [5.41, 5.74) is 3.22. The predicted octanol–water partition coefficient (Wildman–Crippen LogP) is 4.58. The molecular weight excluding hydrogens is 486 g/mol. The van der Waals surface area contributed by atoms with E-state index < -0.39 is 30.6 Å². The Labute approximate surface area is 212 Å². The third kappa shape index (κ3) is 5.01. The minimum absolute atomic E-state index is 0.0752. The van der Waals surface area contributed by atoms with Crippen LogP contribution in [-0.4, -0.2) is 61.4 Å². The molecule has 194 valence electrons. The van der Waals surface area contributed by atoms with Crippen LogP contribution in [0, 0.1) is 18.8 Å². The van der Waals surface area contributed by atoms with Crippen LogP contribution < -0.4 is 10.6 Å². The summed E-state index contributed by atoms with van der Waals surface area (Å²) < 4.78 is 27.9. The lowest BCUT2D eigenvalue weighted by Gasteiger charge is -2.21. The van der Waals surface area contributed by atoms with Gasteiger partial charge < -0.3 is 20.8 Å². The highest BCUT2D eigenvalue weighted by atomic mass is 32.1. The van der Waals surface area contributed by atoms with E-state index in [1.165, 1.54) is 11.3 Å². The molecule has 3 aromatic heterocycles. The Balaban J connectivity index is 1.53. The minimum atomic E-state index is -2.72. The number of hydrogen-bond donors (Lipinski definition) is 4. The Morgan fingerprint density at radius 1 is 1.14 bits per heavy atom. The number of nitrogens with one attached hydrogen (secondary N) is 2. The summed E-state index contributed by atoms with van der Waals surface area (Å²) in [6.07, 6.45) is -0.685. The van der Waals surface area contributed by atoms with Gasteiger partial charge >= 0.3 is 0 Å². The number of fused-ring (bicyclic) bond motifs is 1. The first-order valence-electron chi connectivity index (χ1n) is 12.5. The van der Waals surface area contributed by atoms with Crippen molar-refractivity contribution >= 4 is 33.3 Å². The molecule has 0 bridgehead atoms. The number of rotatable bonds is 9. The van der Waals surface area contributed by atoms with Crippen LogP contribution in [0.3, 0.4) is 0 Å². The SMILES string of the molecule is Cc1nc(NCCC(C)C)nc(N[C@@H]2C[C@H](C(F)F)[C@@H](O)[C@H]2O)c1-c1nc2c(C3CC3)nccc2s1. The van der Waals surface area contributed by atoms with Gasteiger partial charge in [0.2, 0.25) is 12.4 Å². The maximum Gasteiger partial charge on any atom is 0.244 e. The number of halogens is 2. The van der Waals surface area contributed by atoms with Gasteiger partial charge in [-0.2, -0.15) is 4.98 Å². The molecule has 0 unspecified atom stereocenters. The Morgan fingerprint density at radius 3 is 2.58 bits per heavy atom. The highest BCUT2D eigenvalue weighted by Crippen LogP contribution is 2.44. The molecule has 0 amide bonds. The van der Waals surface area contributed by atoms with Gasteiger partial charge in [0.05, 0.1) is 39.7 Å². The fourth-order valence-corrected chi connectivity index (χ4v) is 5.83. The van der Waals surface area contributed by atoms with Crippen molar-refractivity contribution in [1.29, 1.82) is 0 Å². The van der Waals surface area contributed by atoms with Crippen molar-refractivity contribution in [3.8, 4) is 10.6 Å². The normalized spacial score (nSPS) is 24.2. The van der Waals surface area contributed by atoms with Crippen LogP contribution in [0.2, 0.25) is 0 Å². The van der Waals surface area contributed by atoms with E-state index in [9.17, 15) is 19.0 Å². The van der Waals surface area contributed by atoms with Crippen molar-refractivity contribution in [2.75, 3.05) is 17.2 Å². The largest absolute Gasteiger partial charge is 0.390 e. The third-order valence-electron chi connectivity index (χ3n) is 6.98. The molecule has 36 heavy (non-hydrogen) atoms. The van der Waals surface area contributed by atoms with E-state index in [1.54, 1.807) is 0 Å². The number of thiazole rings is 1. The van der Waals surface area contributed by atoms with Gasteiger partial charge in [-0.25, -0.2) is 18.7 Å². The van der Waals surface area contributed by atoms with Crippen molar-refractivity contribution in [3.63, 3.8) is 0 Å². The standard InChI is InChI=1S/C25H32F2N6O2S/c1-11(2)6-8-29-25-30-12(3)17(23(33-25)31-15-10-14(22(26)27)20(34)21(15)35)24-32-19-16(36-24)7-9-28-18(19)13-4-5-13/h7,9,11,13-15,20-22,34-35H,4-6,8,10H2,1-3H3,(H2,29,30,31,33)/t14-,15+,20+,21-/m0/s1. The van der Waals surface area contributed by atoms with Gasteiger partial charge in [-0.15, -0.1) is 11.3 Å². The molecule has 2 fully saturated rings. The van der Waals surface area contributed by atoms with Gasteiger partial charge in [0, 0.05) is 18.7 Å². The smallest absolute Gasteiger partial charge is 0.244 e. The van der Waals surface area contributed by atoms with Gasteiger partial charge in [-0.3, -0.25) is 4.98 Å². The predicted molar refractivity (Wildman–Crippen MR) is 137 cm³/mol. The molecular formula is C25H32F2N6O2S. The number of aromatic nitrogens is 4. The van der Waals surface area contributed by atoms with Gasteiger partial charge in [0.25, 0.3) is 0 Å². The maximum absolute atomic E-state index is 13.4. The zero-order valence-electron chi connectivity index (χ0n) is 20.6. The fourth-order valence-electron chi connectivity index (χ4n) is 4.76. The molecule has 8 nitrogen and oxygen atoms in total. The van der Waals surface area contributed by atoms with Crippen molar-refractivity contribution in [1.82, 2.24) is 19.9 Å². The van der Waals surface area contributed by atoms with Crippen LogP contribution >= 0.6 is 11.3 Å². The molecule has 5 rings (SSSR count). The van der Waals surface area contributed by atoms with E-state index in [0.717, 1.165) is 35.2 Å². The van der Waals surface area contributed by atoms with E-state index >= 15 is 0 Å². The van der Waals surface area contributed by atoms with Crippen molar-refractivity contribution < 1.29 is 19.0 Å². The Morgan fingerprint density at radius 2 is 1.92 bits per heavy atom. The Kier molecular flexibility index (Phi) is 7.06. The summed E-state index contributed by atoms with van der Waals surface area (Å²) in [7, 11) is 0. The number of pyridine rings is 1. The van der Waals surface area contributed by atoms with Crippen molar-refractivity contribution in [3.05, 3.63) is 23.7 Å². The molecule has 3 heterocycles. The second-order valence-corrected chi connectivity index (χ2v) is 11.3. The van der Waals surface area contributed by atoms with Crippen LogP contribution in [-0.2, 0) is 0 Å². The first kappa shape index (κ1) is 25.2. The minimum Gasteiger partial charge on any atom is -0.390 e. The number of alkyl halides is 2. The number of anilines is 2. The first-order valence-corrected chi connectivity index (χ1v) is 13.3. The highest BCUT2D eigenvalue weighted by Gasteiger charge is 2.46. The Hall–Kier alpha value is -2.50. The lowest BCUT2D eigenvalue weighted by Crippen LogP contribution is -2.36. The highest BCUT2D eigenvalue weighted by molar-refractivity contribution is 7.21. The van der Waals surface area contributed by atoms with E-state index in [1.807, 2.05) is 19.2 Å². The molecule has 4 N–H and O–H groups in total. The molecule has 3 aromatic rings. The number of aryl methyl sites for hydroxylation is 1. The number of aliphatic hydroxyl groups excluding tert-OH is 2. The van der Waals surface area contributed by atoms with Crippen molar-refractivity contribution in [2.24, 2.45) is 11.8 Å². The zero-order chi connectivity index (χ0) is 25.6. The molecule has 0 spiro atoms. The average molecular weight is 519 g/mol. The quantitative estimate of drug-likeness (QED) is 0.325. The lowest BCUT2D eigenvalue weighted by molar-refractivity contribution is -0.0333. The summed E-state index contributed by atoms with van der Waals surface area (Å²) in [5.74, 6) is 0.462. The molecule has 4 atom stereocenters. The van der Waals surface area contributed by atoms with Crippen LogP contribution in [0.4, 0.5) is 20.5 Å². The molecule has 2 saturated carbocycles. The monoisotopic (exact) mass is 518 g/mol. The molecule has 0 aliphatic heterocycles. The second kappa shape index (κ2) is 10.1. The van der Waals surface area contributed by atoms with Crippen LogP contribution in [0.5, 0.6) is 0 Å². The summed E-state index contributed by atoms with van der Waals surface area (Å²) in [6.45, 7) is 6.82. The van der Waals surface area contributed by atoms with Crippen molar-refractivity contribution in [2.45, 2.75) is 77.0 Å². The number of aliphatic hydroxyl groups is 2. The Bertz CT molecular complexity index is 1230. The summed E-state index contributed by atoms with van der Waals surface area (Å²) >= 11 is 1.51. The van der Waals surface area contributed by atoms with Crippen LogP contribution in [0.15, 0.2) is 12.3 Å².